The van der Waals surface area contributed by atoms with Crippen LogP contribution in [0, 0.1) is 16.0 Å². The van der Waals surface area contributed by atoms with E-state index in [2.05, 4.69) is 34.6 Å². The Morgan fingerprint density at radius 3 is 2.56 bits per heavy atom. The minimum Gasteiger partial charge on any atom is -0.444 e. The minimum absolute atomic E-state index is 0. The molecule has 0 aliphatic carbocycles. The number of rotatable bonds is 10. The van der Waals surface area contributed by atoms with Crippen LogP contribution in [0.15, 0.2) is 17.4 Å². The highest BCUT2D eigenvalue weighted by molar-refractivity contribution is 14.0. The van der Waals surface area contributed by atoms with Gasteiger partial charge in [0, 0.05) is 26.2 Å². The van der Waals surface area contributed by atoms with Crippen molar-refractivity contribution in [1.29, 1.82) is 0 Å². The molecule has 1 heterocycles. The molecule has 0 aromatic carbocycles. The zero-order valence-corrected chi connectivity index (χ0v) is 22.5. The van der Waals surface area contributed by atoms with Crippen LogP contribution in [0.1, 0.15) is 48.0 Å². The Hall–Kier alpha value is -2.12. The van der Waals surface area contributed by atoms with E-state index in [0.29, 0.717) is 26.2 Å². The van der Waals surface area contributed by atoms with Crippen molar-refractivity contribution in [3.63, 3.8) is 0 Å². The highest BCUT2D eigenvalue weighted by Gasteiger charge is 2.22. The first kappa shape index (κ1) is 29.9. The quantitative estimate of drug-likeness (QED) is 0.146. The lowest BCUT2D eigenvalue weighted by Gasteiger charge is -2.28. The van der Waals surface area contributed by atoms with Crippen molar-refractivity contribution in [2.45, 2.75) is 66.2 Å². The molecule has 0 spiro atoms. The van der Waals surface area contributed by atoms with Crippen LogP contribution in [-0.4, -0.2) is 70.0 Å². The first-order valence-electron chi connectivity index (χ1n) is 10.6. The summed E-state index contributed by atoms with van der Waals surface area (Å²) in [5.74, 6) is 0.972. The number of hydrogen-bond acceptors (Lipinski definition) is 6. The Bertz CT molecular complexity index is 747. The second-order valence-corrected chi connectivity index (χ2v) is 8.66. The number of amides is 1. The number of alkyl carbamates (subject to hydrolysis) is 1. The Labute approximate surface area is 207 Å². The molecule has 184 valence electrons. The van der Waals surface area contributed by atoms with Crippen molar-refractivity contribution in [1.82, 2.24) is 25.3 Å². The van der Waals surface area contributed by atoms with Gasteiger partial charge in [-0.15, -0.1) is 24.0 Å². The Kier molecular flexibility index (Phi) is 13.2. The average molecular weight is 567 g/mol. The lowest BCUT2D eigenvalue weighted by atomic mass is 10.0. The molecule has 0 bridgehead atoms. The Morgan fingerprint density at radius 1 is 1.41 bits per heavy atom. The monoisotopic (exact) mass is 567 g/mol. The third kappa shape index (κ3) is 11.5. The van der Waals surface area contributed by atoms with Crippen LogP contribution in [0.4, 0.5) is 10.5 Å². The van der Waals surface area contributed by atoms with Gasteiger partial charge in [-0.25, -0.2) is 4.79 Å². The van der Waals surface area contributed by atoms with Crippen molar-refractivity contribution in [3.05, 3.63) is 22.5 Å². The van der Waals surface area contributed by atoms with Crippen LogP contribution in [-0.2, 0) is 11.3 Å². The summed E-state index contributed by atoms with van der Waals surface area (Å²) >= 11 is 0. The summed E-state index contributed by atoms with van der Waals surface area (Å²) in [5.41, 5.74) is -0.576. The molecule has 0 aliphatic heterocycles. The molecule has 0 fully saturated rings. The maximum atomic E-state index is 12.1. The van der Waals surface area contributed by atoms with Gasteiger partial charge in [0.2, 0.25) is 0 Å². The highest BCUT2D eigenvalue weighted by Crippen LogP contribution is 2.11. The molecular weight excluding hydrogens is 529 g/mol. The van der Waals surface area contributed by atoms with E-state index in [4.69, 9.17) is 4.74 Å². The second-order valence-electron chi connectivity index (χ2n) is 8.66. The zero-order valence-electron chi connectivity index (χ0n) is 20.1. The maximum absolute atomic E-state index is 12.1. The summed E-state index contributed by atoms with van der Waals surface area (Å²) in [6, 6.07) is -0.0372. The van der Waals surface area contributed by atoms with Crippen LogP contribution in [0.25, 0.3) is 0 Å². The molecule has 1 amide bonds. The topological polar surface area (TPSA) is 127 Å². The van der Waals surface area contributed by atoms with Gasteiger partial charge in [-0.1, -0.05) is 13.8 Å². The molecule has 0 saturated carbocycles. The van der Waals surface area contributed by atoms with Gasteiger partial charge in [-0.2, -0.15) is 5.10 Å². The van der Waals surface area contributed by atoms with Crippen LogP contribution < -0.4 is 10.6 Å². The fraction of sp³-hybridized carbons (Fsp3) is 0.750. The van der Waals surface area contributed by atoms with Gasteiger partial charge in [-0.3, -0.25) is 19.8 Å². The first-order valence-corrected chi connectivity index (χ1v) is 10.6. The number of aliphatic imine (C=N–C) groups is 1. The molecular formula is C20H38IN7O4. The van der Waals surface area contributed by atoms with E-state index in [1.165, 1.54) is 17.1 Å². The Balaban J connectivity index is 0.00000961. The number of nitrogens with zero attached hydrogens (tertiary/aromatic N) is 5. The molecule has 11 nitrogen and oxygen atoms in total. The number of guanidine groups is 1. The van der Waals surface area contributed by atoms with E-state index in [9.17, 15) is 14.9 Å². The average Bonchev–Trinajstić information content (AvgIpc) is 3.11. The number of nitro groups is 1. The van der Waals surface area contributed by atoms with E-state index >= 15 is 0 Å². The fourth-order valence-electron chi connectivity index (χ4n) is 2.77. The standard InChI is InChI=1S/C20H37N7O4.HI/c1-8-21-18(22-10-12-26-14-16(13-23-26)27(29)30)25(7)11-9-17(15(2)3)24-19(28)31-20(4,5)6;/h13-15,17H,8-12H2,1-7H3,(H,21,22)(H,24,28);1H. The Morgan fingerprint density at radius 2 is 2.06 bits per heavy atom. The molecule has 12 heteroatoms. The molecule has 0 radical (unpaired) electrons. The SMILES string of the molecule is CCNC(=NCCn1cc([N+](=O)[O-])cn1)N(C)CCC(NC(=O)OC(C)(C)C)C(C)C.I. The van der Waals surface area contributed by atoms with Crippen molar-refractivity contribution >= 4 is 41.7 Å². The fourth-order valence-corrected chi connectivity index (χ4v) is 2.77. The smallest absolute Gasteiger partial charge is 0.407 e. The molecule has 1 unspecified atom stereocenters. The van der Waals surface area contributed by atoms with Gasteiger partial charge < -0.3 is 20.3 Å². The summed E-state index contributed by atoms with van der Waals surface area (Å²) in [6.07, 6.45) is 2.93. The maximum Gasteiger partial charge on any atom is 0.407 e. The highest BCUT2D eigenvalue weighted by atomic mass is 127. The molecule has 0 aliphatic rings. The summed E-state index contributed by atoms with van der Waals surface area (Å²) in [5, 5.41) is 20.9. The van der Waals surface area contributed by atoms with E-state index in [-0.39, 0.29) is 41.6 Å². The third-order valence-electron chi connectivity index (χ3n) is 4.40. The summed E-state index contributed by atoms with van der Waals surface area (Å²) in [4.78, 5) is 29.0. The normalized spacial score (nSPS) is 12.7. The van der Waals surface area contributed by atoms with Crippen molar-refractivity contribution in [2.24, 2.45) is 10.9 Å². The predicted molar refractivity (Wildman–Crippen MR) is 136 cm³/mol. The van der Waals surface area contributed by atoms with Crippen molar-refractivity contribution in [3.8, 4) is 0 Å². The second kappa shape index (κ2) is 14.1. The van der Waals surface area contributed by atoms with E-state index in [1.54, 1.807) is 0 Å². The van der Waals surface area contributed by atoms with Gasteiger partial charge in [0.15, 0.2) is 5.96 Å². The lowest BCUT2D eigenvalue weighted by molar-refractivity contribution is -0.385. The van der Waals surface area contributed by atoms with Gasteiger partial charge in [0.05, 0.1) is 18.0 Å². The number of nitrogens with one attached hydrogen (secondary N) is 2. The van der Waals surface area contributed by atoms with Crippen molar-refractivity contribution < 1.29 is 14.5 Å². The number of hydrogen-bond donors (Lipinski definition) is 2. The van der Waals surface area contributed by atoms with Crippen molar-refractivity contribution in [2.75, 3.05) is 26.7 Å². The number of aromatic nitrogens is 2. The third-order valence-corrected chi connectivity index (χ3v) is 4.40. The van der Waals surface area contributed by atoms with Gasteiger partial charge >= 0.3 is 11.8 Å². The van der Waals surface area contributed by atoms with Gasteiger partial charge in [0.1, 0.15) is 18.0 Å². The van der Waals surface area contributed by atoms with Crippen LogP contribution in [0.2, 0.25) is 0 Å². The predicted octanol–water partition coefficient (Wildman–Crippen LogP) is 3.25. The number of ether oxygens (including phenoxy) is 1. The summed E-state index contributed by atoms with van der Waals surface area (Å²) < 4.78 is 6.88. The molecule has 1 aromatic heterocycles. The number of halogens is 1. The van der Waals surface area contributed by atoms with E-state index < -0.39 is 16.6 Å². The molecule has 2 N–H and O–H groups in total. The largest absolute Gasteiger partial charge is 0.444 e. The summed E-state index contributed by atoms with van der Waals surface area (Å²) in [7, 11) is 1.94. The summed E-state index contributed by atoms with van der Waals surface area (Å²) in [6.45, 7) is 13.9. The first-order chi connectivity index (χ1) is 14.4. The minimum atomic E-state index is -0.539. The molecule has 32 heavy (non-hydrogen) atoms. The van der Waals surface area contributed by atoms with Gasteiger partial charge in [-0.05, 0) is 40.0 Å². The lowest BCUT2D eigenvalue weighted by Crippen LogP contribution is -2.45. The van der Waals surface area contributed by atoms with E-state index in [1.807, 2.05) is 39.6 Å². The van der Waals surface area contributed by atoms with Crippen LogP contribution in [0.5, 0.6) is 0 Å². The molecule has 1 atom stereocenters. The molecule has 1 rings (SSSR count). The number of carbonyl (C=O) groups excluding carboxylic acids is 1. The zero-order chi connectivity index (χ0) is 23.6. The molecule has 1 aromatic rings. The number of carbonyl (C=O) groups is 1. The van der Waals surface area contributed by atoms with Crippen LogP contribution >= 0.6 is 24.0 Å². The van der Waals surface area contributed by atoms with Gasteiger partial charge in [0.25, 0.3) is 0 Å². The van der Waals surface area contributed by atoms with Crippen LogP contribution in [0.3, 0.4) is 0 Å². The molecule has 0 saturated heterocycles. The van der Waals surface area contributed by atoms with E-state index in [0.717, 1.165) is 12.4 Å².